The van der Waals surface area contributed by atoms with Gasteiger partial charge in [-0.05, 0) is 30.3 Å². The van der Waals surface area contributed by atoms with Crippen LogP contribution < -0.4 is 0 Å². The third-order valence-corrected chi connectivity index (χ3v) is 3.52. The second-order valence-electron chi connectivity index (χ2n) is 5.02. The van der Waals surface area contributed by atoms with Gasteiger partial charge in [0.15, 0.2) is 0 Å². The maximum Gasteiger partial charge on any atom is 0.297 e. The molecule has 8 heteroatoms. The third kappa shape index (κ3) is 2.60. The zero-order chi connectivity index (χ0) is 17.3. The number of aromatic nitrogens is 2. The van der Waals surface area contributed by atoms with Gasteiger partial charge in [-0.1, -0.05) is 0 Å². The summed E-state index contributed by atoms with van der Waals surface area (Å²) in [6.45, 7) is 0. The van der Waals surface area contributed by atoms with Crippen molar-refractivity contribution in [2.75, 3.05) is 0 Å². The molecule has 0 bridgehead atoms. The van der Waals surface area contributed by atoms with Crippen LogP contribution in [-0.4, -0.2) is 31.6 Å². The Hall–Kier alpha value is -3.55. The van der Waals surface area contributed by atoms with Crippen LogP contribution in [0.25, 0.3) is 10.8 Å². The van der Waals surface area contributed by atoms with E-state index in [1.54, 1.807) is 6.07 Å². The van der Waals surface area contributed by atoms with Gasteiger partial charge in [-0.25, -0.2) is 0 Å². The van der Waals surface area contributed by atoms with E-state index < -0.39 is 11.8 Å². The average Bonchev–Trinajstić information content (AvgIpc) is 2.84. The standard InChI is InChI=1S/C16H12N4O4/c1-20-15(23)11-5-4-9(7-12(11)16(20)24)13(21)18-19-14(22)10-3-2-6-17-8-10/h2-8,23-24H,1H3. The van der Waals surface area contributed by atoms with Crippen LogP contribution in [0, 0.1) is 0 Å². The molecule has 0 fully saturated rings. The molecule has 0 unspecified atom stereocenters. The number of hydrogen-bond donors (Lipinski definition) is 2. The summed E-state index contributed by atoms with van der Waals surface area (Å²) in [4.78, 5) is 27.6. The fraction of sp³-hybridized carbons (Fsp3) is 0.0625. The maximum absolute atomic E-state index is 12.0. The summed E-state index contributed by atoms with van der Waals surface area (Å²) >= 11 is 0. The summed E-state index contributed by atoms with van der Waals surface area (Å²) in [7, 11) is 1.48. The van der Waals surface area contributed by atoms with Crippen molar-refractivity contribution >= 4 is 22.6 Å². The number of pyridine rings is 1. The first-order chi connectivity index (χ1) is 11.5. The van der Waals surface area contributed by atoms with Crippen LogP contribution in [0.1, 0.15) is 20.7 Å². The Balaban J connectivity index is 1.88. The molecular formula is C16H12N4O4. The van der Waals surface area contributed by atoms with Gasteiger partial charge in [0.25, 0.3) is 11.8 Å². The monoisotopic (exact) mass is 324 g/mol. The Morgan fingerprint density at radius 3 is 2.33 bits per heavy atom. The molecule has 120 valence electrons. The van der Waals surface area contributed by atoms with Crippen molar-refractivity contribution in [3.8, 4) is 11.8 Å². The summed E-state index contributed by atoms with van der Waals surface area (Å²) in [5.74, 6) is -1.72. The van der Waals surface area contributed by atoms with E-state index in [4.69, 9.17) is 0 Å². The molecule has 3 rings (SSSR count). The predicted molar refractivity (Wildman–Crippen MR) is 84.0 cm³/mol. The minimum atomic E-state index is -0.739. The molecule has 2 amide bonds. The van der Waals surface area contributed by atoms with Crippen molar-refractivity contribution in [2.45, 2.75) is 0 Å². The van der Waals surface area contributed by atoms with Crippen molar-refractivity contribution in [3.63, 3.8) is 0 Å². The highest BCUT2D eigenvalue weighted by atomic mass is 16.3. The van der Waals surface area contributed by atoms with Crippen LogP contribution in [0.3, 0.4) is 0 Å². The largest absolute Gasteiger partial charge is 0.494 e. The molecule has 0 spiro atoms. The number of fused-ring (bicyclic) bond motifs is 1. The molecule has 2 aromatic heterocycles. The topological polar surface area (TPSA) is 117 Å². The van der Waals surface area contributed by atoms with E-state index in [1.807, 2.05) is 0 Å². The Labute approximate surface area is 135 Å². The van der Waals surface area contributed by atoms with Crippen molar-refractivity contribution in [1.29, 1.82) is 0 Å². The first-order valence-corrected chi connectivity index (χ1v) is 6.90. The normalized spacial score (nSPS) is 11.2. The van der Waals surface area contributed by atoms with Gasteiger partial charge in [0.1, 0.15) is 0 Å². The lowest BCUT2D eigenvalue weighted by molar-refractivity contribution is 0.0946. The molecule has 0 aliphatic rings. The highest BCUT2D eigenvalue weighted by Crippen LogP contribution is 2.35. The molecule has 24 heavy (non-hydrogen) atoms. The quantitative estimate of drug-likeness (QED) is 0.702. The van der Waals surface area contributed by atoms with Gasteiger partial charge >= 0.3 is 0 Å². The second kappa shape index (κ2) is 5.92. The Bertz CT molecular complexity index is 977. The lowest BCUT2D eigenvalue weighted by atomic mass is 10.1. The number of aromatic hydroxyl groups is 2. The molecule has 0 saturated carbocycles. The molecular weight excluding hydrogens is 312 g/mol. The maximum atomic E-state index is 12.0. The van der Waals surface area contributed by atoms with Crippen LogP contribution in [0.2, 0.25) is 0 Å². The molecule has 0 atom stereocenters. The number of hydrogen-bond acceptors (Lipinski definition) is 5. The van der Waals surface area contributed by atoms with Crippen LogP contribution in [-0.2, 0) is 7.05 Å². The van der Waals surface area contributed by atoms with E-state index >= 15 is 0 Å². The fourth-order valence-electron chi connectivity index (χ4n) is 2.21. The van der Waals surface area contributed by atoms with E-state index in [1.165, 1.54) is 48.3 Å². The molecule has 8 nitrogen and oxygen atoms in total. The summed E-state index contributed by atoms with van der Waals surface area (Å²) in [5, 5.41) is 27.2. The summed E-state index contributed by atoms with van der Waals surface area (Å²) < 4.78 is 1.19. The van der Waals surface area contributed by atoms with Crippen molar-refractivity contribution in [3.05, 3.63) is 53.9 Å². The first kappa shape index (κ1) is 15.3. The molecule has 0 aliphatic carbocycles. The van der Waals surface area contributed by atoms with Crippen LogP contribution in [0.5, 0.6) is 11.8 Å². The van der Waals surface area contributed by atoms with Gasteiger partial charge in [0, 0.05) is 35.8 Å². The molecule has 0 radical (unpaired) electrons. The number of amides is 2. The molecule has 1 aromatic carbocycles. The highest BCUT2D eigenvalue weighted by Gasteiger charge is 2.15. The lowest BCUT2D eigenvalue weighted by Crippen LogP contribution is -1.98. The number of nitrogens with zero attached hydrogens (tertiary/aromatic N) is 4. The van der Waals surface area contributed by atoms with Gasteiger partial charge in [-0.2, -0.15) is 0 Å². The van der Waals surface area contributed by atoms with Crippen molar-refractivity contribution in [1.82, 2.24) is 9.55 Å². The predicted octanol–water partition coefficient (Wildman–Crippen LogP) is 2.42. The molecule has 0 saturated heterocycles. The minimum absolute atomic E-state index is 0.116. The average molecular weight is 324 g/mol. The Morgan fingerprint density at radius 1 is 1.00 bits per heavy atom. The van der Waals surface area contributed by atoms with Gasteiger partial charge < -0.3 is 10.2 Å². The van der Waals surface area contributed by atoms with E-state index in [0.29, 0.717) is 10.8 Å². The molecule has 3 aromatic rings. The van der Waals surface area contributed by atoms with Crippen LogP contribution >= 0.6 is 0 Å². The zero-order valence-corrected chi connectivity index (χ0v) is 12.5. The van der Waals surface area contributed by atoms with Crippen LogP contribution in [0.4, 0.5) is 0 Å². The lowest BCUT2D eigenvalue weighted by Gasteiger charge is -1.96. The number of carbonyl (C=O) groups is 2. The number of benzene rings is 1. The molecule has 2 heterocycles. The van der Waals surface area contributed by atoms with Gasteiger partial charge in [0.2, 0.25) is 11.8 Å². The second-order valence-corrected chi connectivity index (χ2v) is 5.02. The van der Waals surface area contributed by atoms with Gasteiger partial charge in [-0.15, -0.1) is 10.2 Å². The van der Waals surface area contributed by atoms with Crippen LogP contribution in [0.15, 0.2) is 53.0 Å². The van der Waals surface area contributed by atoms with E-state index in [9.17, 15) is 19.8 Å². The zero-order valence-electron chi connectivity index (χ0n) is 12.5. The van der Waals surface area contributed by atoms with Crippen molar-refractivity contribution < 1.29 is 19.8 Å². The van der Waals surface area contributed by atoms with Crippen molar-refractivity contribution in [2.24, 2.45) is 17.3 Å². The molecule has 0 aliphatic heterocycles. The Kier molecular flexibility index (Phi) is 3.78. The third-order valence-electron chi connectivity index (χ3n) is 3.52. The van der Waals surface area contributed by atoms with E-state index in [2.05, 4.69) is 15.2 Å². The fourth-order valence-corrected chi connectivity index (χ4v) is 2.21. The van der Waals surface area contributed by atoms with E-state index in [-0.39, 0.29) is 22.9 Å². The molecule has 2 N–H and O–H groups in total. The van der Waals surface area contributed by atoms with Gasteiger partial charge in [-0.3, -0.25) is 19.1 Å². The van der Waals surface area contributed by atoms with E-state index in [0.717, 1.165) is 0 Å². The van der Waals surface area contributed by atoms with Gasteiger partial charge in [0.05, 0.1) is 5.56 Å². The first-order valence-electron chi connectivity index (χ1n) is 6.90. The smallest absolute Gasteiger partial charge is 0.297 e. The summed E-state index contributed by atoms with van der Waals surface area (Å²) in [5.41, 5.74) is 0.348. The number of rotatable bonds is 2. The summed E-state index contributed by atoms with van der Waals surface area (Å²) in [6.07, 6.45) is 2.83. The minimum Gasteiger partial charge on any atom is -0.494 e. The Morgan fingerprint density at radius 2 is 1.67 bits per heavy atom. The highest BCUT2D eigenvalue weighted by molar-refractivity contribution is 6.03. The number of carbonyl (C=O) groups excluding carboxylic acids is 2. The summed E-state index contributed by atoms with van der Waals surface area (Å²) in [6, 6.07) is 7.37. The number of azo groups is 1. The SMILES string of the molecule is Cn1c(O)c2ccc(C(=O)N=NC(=O)c3cccnc3)cc2c1O.